The van der Waals surface area contributed by atoms with Crippen molar-refractivity contribution in [2.24, 2.45) is 0 Å². The van der Waals surface area contributed by atoms with Gasteiger partial charge >= 0.3 is 5.97 Å². The SMILES string of the molecule is COc1ccc(C(c2ccccc2)(c2ccc(OC)cc2)C(OC(=O)COc2ccccc2)[C@H]2O[C@@H](n3cnc4c(=O)[nH]c(NC(C)C)nc43)[C@H](OC)[C@@H]2OP(OCCC#N)N(C(C)C)C(C)C)cc1. The summed E-state index contributed by atoms with van der Waals surface area (Å²) < 4.78 is 56.0. The number of methoxy groups -OCH3 is 3. The number of carbonyl (C=O) groups is 1. The maximum Gasteiger partial charge on any atom is 0.344 e. The Morgan fingerprint density at radius 2 is 1.43 bits per heavy atom. The second kappa shape index (κ2) is 23.5. The lowest BCUT2D eigenvalue weighted by Gasteiger charge is -2.45. The summed E-state index contributed by atoms with van der Waals surface area (Å²) in [5, 5.41) is 12.9. The zero-order valence-corrected chi connectivity index (χ0v) is 41.9. The van der Waals surface area contributed by atoms with Gasteiger partial charge in [-0.15, -0.1) is 0 Å². The molecular formula is C52H62N7O10P. The number of anilines is 1. The lowest BCUT2D eigenvalue weighted by Crippen LogP contribution is -2.55. The largest absolute Gasteiger partial charge is 0.497 e. The van der Waals surface area contributed by atoms with Gasteiger partial charge in [-0.05, 0) is 94.6 Å². The first kappa shape index (κ1) is 51.5. The predicted octanol–water partition coefficient (Wildman–Crippen LogP) is 8.56. The lowest BCUT2D eigenvalue weighted by atomic mass is 9.64. The van der Waals surface area contributed by atoms with Crippen molar-refractivity contribution in [3.63, 3.8) is 0 Å². The van der Waals surface area contributed by atoms with Crippen molar-refractivity contribution in [2.75, 3.05) is 39.9 Å². The molecule has 0 spiro atoms. The molecule has 18 heteroatoms. The van der Waals surface area contributed by atoms with Crippen LogP contribution in [0.2, 0.25) is 0 Å². The monoisotopic (exact) mass is 975 g/mol. The number of aromatic nitrogens is 4. The Hall–Kier alpha value is -6.38. The van der Waals surface area contributed by atoms with Gasteiger partial charge in [0, 0.05) is 25.2 Å². The summed E-state index contributed by atoms with van der Waals surface area (Å²) in [4.78, 5) is 40.6. The molecule has 0 bridgehead atoms. The first-order chi connectivity index (χ1) is 33.8. The average molecular weight is 976 g/mol. The molecule has 17 nitrogen and oxygen atoms in total. The predicted molar refractivity (Wildman–Crippen MR) is 266 cm³/mol. The minimum Gasteiger partial charge on any atom is -0.497 e. The molecule has 1 aliphatic heterocycles. The number of H-pyrrole nitrogens is 1. The standard InChI is InChI=1S/C52H62N7O10P/c1-33(2)55-51-56-48-43(49(61)57-51)54-32-58(48)50-46(64-9)44(69-70(66-30-16-29-53)59(34(3)4)35(5)6)45(68-50)47(67-42(60)31-65-41-19-14-11-15-20-41)52(36-17-12-10-13-18-36,37-21-25-39(62-7)26-22-37)38-23-27-40(63-8)28-24-38/h10-15,17-28,32-35,44-47,50H,16,30-31H2,1-9H3,(H2,55,56,57,61)/t44-,45+,46-,47?,50-,70?/m1/s1. The van der Waals surface area contributed by atoms with Crippen molar-refractivity contribution in [2.45, 2.75) is 102 Å². The fourth-order valence-corrected chi connectivity index (χ4v) is 10.7. The third-order valence-corrected chi connectivity index (χ3v) is 14.0. The van der Waals surface area contributed by atoms with Crippen molar-refractivity contribution in [3.05, 3.63) is 143 Å². The van der Waals surface area contributed by atoms with Crippen molar-refractivity contribution in [3.8, 4) is 23.3 Å². The Balaban J connectivity index is 1.53. The quantitative estimate of drug-likeness (QED) is 0.0268. The van der Waals surface area contributed by atoms with E-state index in [4.69, 9.17) is 42.5 Å². The number of nitrogens with one attached hydrogen (secondary N) is 2. The van der Waals surface area contributed by atoms with Crippen molar-refractivity contribution >= 4 is 31.6 Å². The number of benzene rings is 4. The van der Waals surface area contributed by atoms with Gasteiger partial charge in [0.2, 0.25) is 5.95 Å². The van der Waals surface area contributed by atoms with Crippen LogP contribution < -0.4 is 25.1 Å². The molecule has 1 fully saturated rings. The van der Waals surface area contributed by atoms with Crippen LogP contribution in [0.4, 0.5) is 5.95 Å². The van der Waals surface area contributed by atoms with Gasteiger partial charge in [0.15, 0.2) is 24.0 Å². The average Bonchev–Trinajstić information content (AvgIpc) is 3.95. The van der Waals surface area contributed by atoms with E-state index >= 15 is 0 Å². The van der Waals surface area contributed by atoms with Gasteiger partial charge in [0.1, 0.15) is 41.7 Å². The van der Waals surface area contributed by atoms with E-state index in [-0.39, 0.29) is 48.3 Å². The number of ether oxygens (including phenoxy) is 6. The van der Waals surface area contributed by atoms with Crippen molar-refractivity contribution in [1.29, 1.82) is 5.26 Å². The molecule has 1 saturated heterocycles. The van der Waals surface area contributed by atoms with Crippen LogP contribution in [0.3, 0.4) is 0 Å². The number of esters is 1. The van der Waals surface area contributed by atoms with E-state index in [2.05, 4.69) is 26.0 Å². The number of hydrogen-bond acceptors (Lipinski definition) is 15. The van der Waals surface area contributed by atoms with Crippen LogP contribution in [0.1, 0.15) is 70.9 Å². The molecule has 7 rings (SSSR count). The molecule has 4 aromatic carbocycles. The number of nitrogens with zero attached hydrogens (tertiary/aromatic N) is 5. The molecule has 1 aliphatic rings. The van der Waals surface area contributed by atoms with Crippen molar-refractivity contribution in [1.82, 2.24) is 24.2 Å². The molecule has 6 atom stereocenters. The Morgan fingerprint density at radius 1 is 0.843 bits per heavy atom. The molecule has 70 heavy (non-hydrogen) atoms. The minimum absolute atomic E-state index is 0.0673. The summed E-state index contributed by atoms with van der Waals surface area (Å²) in [6, 6.07) is 35.8. The third kappa shape index (κ3) is 11.1. The fraction of sp³-hybridized carbons (Fsp3) is 0.404. The van der Waals surface area contributed by atoms with E-state index in [1.54, 1.807) is 38.0 Å². The number of nitriles is 1. The molecule has 6 aromatic rings. The first-order valence-electron chi connectivity index (χ1n) is 23.2. The van der Waals surface area contributed by atoms with E-state index in [0.29, 0.717) is 28.4 Å². The highest BCUT2D eigenvalue weighted by molar-refractivity contribution is 7.44. The van der Waals surface area contributed by atoms with E-state index in [1.807, 2.05) is 139 Å². The molecular weight excluding hydrogens is 914 g/mol. The van der Waals surface area contributed by atoms with Crippen LogP contribution in [0, 0.1) is 11.3 Å². The highest BCUT2D eigenvalue weighted by atomic mass is 31.2. The third-order valence-electron chi connectivity index (χ3n) is 11.9. The zero-order chi connectivity index (χ0) is 50.0. The number of fused-ring (bicyclic) bond motifs is 1. The second-order valence-electron chi connectivity index (χ2n) is 17.5. The maximum atomic E-state index is 14.9. The summed E-state index contributed by atoms with van der Waals surface area (Å²) in [6.07, 6.45) is -4.16. The highest BCUT2D eigenvalue weighted by Gasteiger charge is 2.60. The normalized spacial score (nSPS) is 18.0. The Kier molecular flexibility index (Phi) is 17.3. The number of hydrogen-bond donors (Lipinski definition) is 2. The number of para-hydroxylation sites is 1. The van der Waals surface area contributed by atoms with Crippen LogP contribution in [0.25, 0.3) is 11.2 Å². The van der Waals surface area contributed by atoms with Crippen LogP contribution in [-0.4, -0.2) is 107 Å². The number of aromatic amines is 1. The molecule has 3 heterocycles. The lowest BCUT2D eigenvalue weighted by molar-refractivity contribution is -0.169. The topological polar surface area (TPSA) is 194 Å². The zero-order valence-electron chi connectivity index (χ0n) is 41.0. The Labute approximate surface area is 409 Å². The van der Waals surface area contributed by atoms with Crippen LogP contribution in [0.5, 0.6) is 17.2 Å². The van der Waals surface area contributed by atoms with Gasteiger partial charge < -0.3 is 42.8 Å². The van der Waals surface area contributed by atoms with E-state index in [1.165, 1.54) is 6.33 Å². The molecule has 0 aliphatic carbocycles. The van der Waals surface area contributed by atoms with E-state index in [0.717, 1.165) is 5.56 Å². The van der Waals surface area contributed by atoms with E-state index < -0.39 is 62.7 Å². The number of rotatable bonds is 23. The molecule has 0 amide bonds. The van der Waals surface area contributed by atoms with Gasteiger partial charge in [-0.25, -0.2) is 14.4 Å². The molecule has 370 valence electrons. The summed E-state index contributed by atoms with van der Waals surface area (Å²) in [6.45, 7) is 11.6. The first-order valence-corrected chi connectivity index (χ1v) is 24.4. The number of carbonyl (C=O) groups excluding carboxylic acids is 1. The molecule has 2 aromatic heterocycles. The number of imidazole rings is 1. The second-order valence-corrected chi connectivity index (χ2v) is 18.9. The smallest absolute Gasteiger partial charge is 0.344 e. The highest BCUT2D eigenvalue weighted by Crippen LogP contribution is 2.54. The van der Waals surface area contributed by atoms with Gasteiger partial charge in [0.25, 0.3) is 14.1 Å². The molecule has 2 unspecified atom stereocenters. The molecule has 0 saturated carbocycles. The summed E-state index contributed by atoms with van der Waals surface area (Å²) >= 11 is 0. The Morgan fingerprint density at radius 3 is 1.97 bits per heavy atom. The summed E-state index contributed by atoms with van der Waals surface area (Å²) in [7, 11) is 2.74. The van der Waals surface area contributed by atoms with Gasteiger partial charge in [-0.2, -0.15) is 10.2 Å². The maximum absolute atomic E-state index is 14.9. The Bertz CT molecular complexity index is 2660. The van der Waals surface area contributed by atoms with Gasteiger partial charge in [-0.1, -0.05) is 72.8 Å². The van der Waals surface area contributed by atoms with Gasteiger partial charge in [0.05, 0.1) is 45.1 Å². The molecule has 0 radical (unpaired) electrons. The van der Waals surface area contributed by atoms with E-state index in [9.17, 15) is 14.9 Å². The fourth-order valence-electron chi connectivity index (χ4n) is 8.99. The van der Waals surface area contributed by atoms with Crippen LogP contribution in [-0.2, 0) is 33.5 Å². The van der Waals surface area contributed by atoms with Crippen molar-refractivity contribution < 1.29 is 42.3 Å². The molecule has 2 N–H and O–H groups in total. The minimum atomic E-state index is -1.99. The summed E-state index contributed by atoms with van der Waals surface area (Å²) in [5.41, 5.74) is 0.540. The van der Waals surface area contributed by atoms with Crippen LogP contribution in [0.15, 0.2) is 120 Å². The van der Waals surface area contributed by atoms with Gasteiger partial charge in [-0.3, -0.25) is 14.3 Å². The summed E-state index contributed by atoms with van der Waals surface area (Å²) in [5.74, 6) is 1.20. The van der Waals surface area contributed by atoms with Crippen LogP contribution >= 0.6 is 8.53 Å².